The summed E-state index contributed by atoms with van der Waals surface area (Å²) in [4.78, 5) is 18.7. The van der Waals surface area contributed by atoms with Crippen molar-refractivity contribution in [3.8, 4) is 6.01 Å². The number of para-hydroxylation sites is 2. The van der Waals surface area contributed by atoms with E-state index in [1.807, 2.05) is 49.6 Å². The summed E-state index contributed by atoms with van der Waals surface area (Å²) in [5.74, 6) is -0.265. The lowest BCUT2D eigenvalue weighted by Crippen LogP contribution is -2.36. The molecule has 1 amide bonds. The van der Waals surface area contributed by atoms with Crippen molar-refractivity contribution >= 4 is 17.1 Å². The van der Waals surface area contributed by atoms with Gasteiger partial charge in [-0.25, -0.2) is 9.18 Å². The van der Waals surface area contributed by atoms with Crippen LogP contribution in [0.15, 0.2) is 48.5 Å². The summed E-state index contributed by atoms with van der Waals surface area (Å²) in [5.41, 5.74) is 2.20. The highest BCUT2D eigenvalue weighted by Crippen LogP contribution is 2.26. The monoisotopic (exact) mass is 411 g/mol. The molecule has 3 aromatic rings. The molecule has 1 fully saturated rings. The third-order valence-electron chi connectivity index (χ3n) is 4.94. The number of carbonyl (C=O) groups excluding carboxylic acids is 1. The predicted octanol–water partition coefficient (Wildman–Crippen LogP) is 4.61. The second-order valence-electron chi connectivity index (χ2n) is 8.55. The van der Waals surface area contributed by atoms with E-state index in [9.17, 15) is 9.18 Å². The summed E-state index contributed by atoms with van der Waals surface area (Å²) < 4.78 is 27.0. The maximum atomic E-state index is 13.3. The van der Waals surface area contributed by atoms with Crippen LogP contribution in [0.5, 0.6) is 6.01 Å². The maximum absolute atomic E-state index is 13.3. The molecule has 2 aromatic carbocycles. The highest BCUT2D eigenvalue weighted by atomic mass is 19.1. The third kappa shape index (κ3) is 4.56. The van der Waals surface area contributed by atoms with E-state index in [-0.39, 0.29) is 18.0 Å². The fraction of sp³-hybridized carbons (Fsp3) is 0.391. The van der Waals surface area contributed by atoms with E-state index < -0.39 is 5.60 Å². The number of ether oxygens (including phenoxy) is 2. The van der Waals surface area contributed by atoms with Crippen LogP contribution in [0.1, 0.15) is 32.8 Å². The first-order valence-corrected chi connectivity index (χ1v) is 10.1. The predicted molar refractivity (Wildman–Crippen MR) is 112 cm³/mol. The smallest absolute Gasteiger partial charge is 0.410 e. The number of nitrogens with zero attached hydrogens (tertiary/aromatic N) is 3. The number of imidazole rings is 1. The Kier molecular flexibility index (Phi) is 5.37. The zero-order valence-corrected chi connectivity index (χ0v) is 17.5. The van der Waals surface area contributed by atoms with Crippen LogP contribution in [-0.4, -0.2) is 45.3 Å². The number of carbonyl (C=O) groups is 1. The van der Waals surface area contributed by atoms with E-state index in [4.69, 9.17) is 9.47 Å². The van der Waals surface area contributed by atoms with E-state index in [1.54, 1.807) is 17.0 Å². The highest BCUT2D eigenvalue weighted by Gasteiger charge is 2.32. The molecular weight excluding hydrogens is 385 g/mol. The van der Waals surface area contributed by atoms with Crippen LogP contribution in [-0.2, 0) is 11.3 Å². The van der Waals surface area contributed by atoms with Crippen molar-refractivity contribution in [2.45, 2.75) is 45.4 Å². The van der Waals surface area contributed by atoms with Gasteiger partial charge in [0.2, 0.25) is 0 Å². The Balaban J connectivity index is 1.53. The summed E-state index contributed by atoms with van der Waals surface area (Å²) in [5, 5.41) is 0. The van der Waals surface area contributed by atoms with Gasteiger partial charge in [0.25, 0.3) is 6.01 Å². The molecule has 1 aliphatic heterocycles. The number of hydrogen-bond donors (Lipinski definition) is 0. The Bertz CT molecular complexity index is 1040. The SMILES string of the molecule is CC(C)(C)OC(=O)N1CC[C@@H](Oc2nc3ccccc3n2Cc2ccc(F)cc2)C1. The largest absolute Gasteiger partial charge is 0.459 e. The molecule has 0 aliphatic carbocycles. The number of halogens is 1. The molecule has 6 nitrogen and oxygen atoms in total. The molecule has 0 saturated carbocycles. The quantitative estimate of drug-likeness (QED) is 0.629. The fourth-order valence-corrected chi connectivity index (χ4v) is 3.53. The Labute approximate surface area is 175 Å². The van der Waals surface area contributed by atoms with Gasteiger partial charge in [0.1, 0.15) is 17.5 Å². The van der Waals surface area contributed by atoms with Crippen molar-refractivity contribution in [2.75, 3.05) is 13.1 Å². The first kappa shape index (κ1) is 20.2. The summed E-state index contributed by atoms with van der Waals surface area (Å²) in [6, 6.07) is 14.7. The lowest BCUT2D eigenvalue weighted by molar-refractivity contribution is 0.0273. The second-order valence-corrected chi connectivity index (χ2v) is 8.55. The normalized spacial score (nSPS) is 16.8. The summed E-state index contributed by atoms with van der Waals surface area (Å²) in [7, 11) is 0. The van der Waals surface area contributed by atoms with Crippen molar-refractivity contribution in [1.82, 2.24) is 14.5 Å². The zero-order valence-electron chi connectivity index (χ0n) is 17.5. The third-order valence-corrected chi connectivity index (χ3v) is 4.94. The van der Waals surface area contributed by atoms with Gasteiger partial charge in [-0.1, -0.05) is 24.3 Å². The van der Waals surface area contributed by atoms with E-state index in [1.165, 1.54) is 12.1 Å². The van der Waals surface area contributed by atoms with Gasteiger partial charge in [-0.2, -0.15) is 4.98 Å². The van der Waals surface area contributed by atoms with Gasteiger partial charge in [0, 0.05) is 13.0 Å². The molecule has 2 heterocycles. The lowest BCUT2D eigenvalue weighted by Gasteiger charge is -2.24. The maximum Gasteiger partial charge on any atom is 0.410 e. The van der Waals surface area contributed by atoms with Gasteiger partial charge < -0.3 is 14.4 Å². The van der Waals surface area contributed by atoms with Crippen molar-refractivity contribution in [3.63, 3.8) is 0 Å². The molecule has 1 saturated heterocycles. The van der Waals surface area contributed by atoms with Crippen LogP contribution < -0.4 is 4.74 Å². The van der Waals surface area contributed by atoms with Gasteiger partial charge >= 0.3 is 6.09 Å². The van der Waals surface area contributed by atoms with Crippen LogP contribution in [0.4, 0.5) is 9.18 Å². The molecule has 30 heavy (non-hydrogen) atoms. The van der Waals surface area contributed by atoms with Gasteiger partial charge in [0.05, 0.1) is 24.1 Å². The molecule has 0 bridgehead atoms. The number of likely N-dealkylation sites (tertiary alicyclic amines) is 1. The average molecular weight is 411 g/mol. The van der Waals surface area contributed by atoms with Crippen LogP contribution in [0.3, 0.4) is 0 Å². The number of hydrogen-bond acceptors (Lipinski definition) is 4. The number of amides is 1. The molecule has 4 rings (SSSR count). The minimum atomic E-state index is -0.529. The Hall–Kier alpha value is -3.09. The van der Waals surface area contributed by atoms with E-state index in [0.717, 1.165) is 16.6 Å². The number of fused-ring (bicyclic) bond motifs is 1. The standard InChI is InChI=1S/C23H26FN3O3/c1-23(2,3)30-22(28)26-13-12-18(15-26)29-21-25-19-6-4-5-7-20(19)27(21)14-16-8-10-17(24)11-9-16/h4-11,18H,12-15H2,1-3H3/t18-/m1/s1. The summed E-state index contributed by atoms with van der Waals surface area (Å²) in [6.07, 6.45) is 0.216. The van der Waals surface area contributed by atoms with Gasteiger partial charge in [-0.05, 0) is 50.6 Å². The van der Waals surface area contributed by atoms with Crippen LogP contribution in [0.2, 0.25) is 0 Å². The van der Waals surface area contributed by atoms with Crippen LogP contribution >= 0.6 is 0 Å². The lowest BCUT2D eigenvalue weighted by atomic mass is 10.2. The van der Waals surface area contributed by atoms with Crippen molar-refractivity contribution in [1.29, 1.82) is 0 Å². The number of rotatable bonds is 4. The van der Waals surface area contributed by atoms with E-state index in [2.05, 4.69) is 4.98 Å². The van der Waals surface area contributed by atoms with Gasteiger partial charge in [-0.15, -0.1) is 0 Å². The first-order valence-electron chi connectivity index (χ1n) is 10.1. The van der Waals surface area contributed by atoms with Crippen molar-refractivity contribution in [3.05, 3.63) is 59.9 Å². The Morgan fingerprint density at radius 3 is 2.63 bits per heavy atom. The average Bonchev–Trinajstić information content (AvgIpc) is 3.28. The van der Waals surface area contributed by atoms with Crippen molar-refractivity contribution in [2.24, 2.45) is 0 Å². The molecule has 0 N–H and O–H groups in total. The minimum Gasteiger partial charge on any atom is -0.459 e. The fourth-order valence-electron chi connectivity index (χ4n) is 3.53. The minimum absolute atomic E-state index is 0.165. The first-order chi connectivity index (χ1) is 14.3. The highest BCUT2D eigenvalue weighted by molar-refractivity contribution is 5.76. The molecule has 1 aromatic heterocycles. The summed E-state index contributed by atoms with van der Waals surface area (Å²) in [6.45, 7) is 7.11. The molecule has 1 atom stereocenters. The molecule has 1 aliphatic rings. The van der Waals surface area contributed by atoms with E-state index >= 15 is 0 Å². The molecule has 7 heteroatoms. The van der Waals surface area contributed by atoms with Crippen molar-refractivity contribution < 1.29 is 18.7 Å². The van der Waals surface area contributed by atoms with E-state index in [0.29, 0.717) is 32.1 Å². The topological polar surface area (TPSA) is 56.6 Å². The number of aromatic nitrogens is 2. The Morgan fingerprint density at radius 2 is 1.90 bits per heavy atom. The van der Waals surface area contributed by atoms with Crippen LogP contribution in [0, 0.1) is 5.82 Å². The summed E-state index contributed by atoms with van der Waals surface area (Å²) >= 11 is 0. The van der Waals surface area contributed by atoms with Gasteiger partial charge in [0.15, 0.2) is 0 Å². The molecule has 0 unspecified atom stereocenters. The Morgan fingerprint density at radius 1 is 1.17 bits per heavy atom. The zero-order chi connectivity index (χ0) is 21.3. The molecule has 0 radical (unpaired) electrons. The number of benzene rings is 2. The van der Waals surface area contributed by atoms with Gasteiger partial charge in [-0.3, -0.25) is 4.57 Å². The molecule has 0 spiro atoms. The van der Waals surface area contributed by atoms with Crippen LogP contribution in [0.25, 0.3) is 11.0 Å². The molecular formula is C23H26FN3O3. The molecule has 158 valence electrons. The second kappa shape index (κ2) is 7.97.